The quantitative estimate of drug-likeness (QED) is 0.656. The summed E-state index contributed by atoms with van der Waals surface area (Å²) in [4.78, 5) is 16.5. The molecule has 158 valence electrons. The minimum Gasteiger partial charge on any atom is -0.489 e. The number of alkyl carbamates (subject to hydrolysis) is 1. The van der Waals surface area contributed by atoms with Crippen molar-refractivity contribution in [2.24, 2.45) is 0 Å². The van der Waals surface area contributed by atoms with Gasteiger partial charge in [0.1, 0.15) is 17.5 Å². The van der Waals surface area contributed by atoms with Crippen LogP contribution in [0.2, 0.25) is 0 Å². The molecule has 2 aromatic rings. The summed E-state index contributed by atoms with van der Waals surface area (Å²) < 4.78 is 16.8. The van der Waals surface area contributed by atoms with Gasteiger partial charge in [0.25, 0.3) is 0 Å². The lowest BCUT2D eigenvalue weighted by Gasteiger charge is -2.22. The molecule has 1 atom stereocenters. The Balaban J connectivity index is 1.61. The molecule has 0 aliphatic heterocycles. The maximum Gasteiger partial charge on any atom is 0.407 e. The van der Waals surface area contributed by atoms with Gasteiger partial charge in [-0.15, -0.1) is 0 Å². The average Bonchev–Trinajstić information content (AvgIpc) is 3.08. The number of aryl methyl sites for hydroxylation is 1. The van der Waals surface area contributed by atoms with Crippen molar-refractivity contribution in [2.75, 3.05) is 0 Å². The lowest BCUT2D eigenvalue weighted by atomic mass is 9.98. The molecular formula is C22H31N3O4. The van der Waals surface area contributed by atoms with E-state index in [0.717, 1.165) is 37.0 Å². The highest BCUT2D eigenvalue weighted by molar-refractivity contribution is 5.68. The zero-order chi connectivity index (χ0) is 20.6. The summed E-state index contributed by atoms with van der Waals surface area (Å²) in [7, 11) is 0. The molecule has 1 amide bonds. The summed E-state index contributed by atoms with van der Waals surface area (Å²) in [5, 5.41) is 6.82. The number of carbonyl (C=O) groups excluding carboxylic acids is 1. The monoisotopic (exact) mass is 401 g/mol. The maximum atomic E-state index is 12.0. The molecule has 0 spiro atoms. The van der Waals surface area contributed by atoms with E-state index in [4.69, 9.17) is 14.0 Å². The van der Waals surface area contributed by atoms with Crippen LogP contribution in [0.25, 0.3) is 11.5 Å². The van der Waals surface area contributed by atoms with E-state index in [0.29, 0.717) is 17.1 Å². The predicted octanol–water partition coefficient (Wildman–Crippen LogP) is 5.17. The van der Waals surface area contributed by atoms with Crippen molar-refractivity contribution < 1.29 is 18.8 Å². The van der Waals surface area contributed by atoms with E-state index in [1.165, 1.54) is 19.3 Å². The molecule has 1 N–H and O–H groups in total. The predicted molar refractivity (Wildman–Crippen MR) is 110 cm³/mol. The lowest BCUT2D eigenvalue weighted by molar-refractivity contribution is 0.101. The van der Waals surface area contributed by atoms with Crippen LogP contribution in [-0.4, -0.2) is 28.4 Å². The summed E-state index contributed by atoms with van der Waals surface area (Å²) in [6, 6.07) is 3.77. The topological polar surface area (TPSA) is 86.5 Å². The highest BCUT2D eigenvalue weighted by atomic mass is 16.6. The van der Waals surface area contributed by atoms with Gasteiger partial charge in [-0.3, -0.25) is 0 Å². The molecular weight excluding hydrogens is 370 g/mol. The minimum absolute atomic E-state index is 0.110. The van der Waals surface area contributed by atoms with Gasteiger partial charge in [0.15, 0.2) is 5.76 Å². The van der Waals surface area contributed by atoms with E-state index in [1.807, 2.05) is 26.0 Å². The fourth-order valence-electron chi connectivity index (χ4n) is 3.61. The Labute approximate surface area is 172 Å². The third-order valence-corrected chi connectivity index (χ3v) is 5.22. The third kappa shape index (κ3) is 5.95. The molecule has 0 saturated heterocycles. The number of pyridine rings is 1. The van der Waals surface area contributed by atoms with Gasteiger partial charge in [-0.1, -0.05) is 24.9 Å². The third-order valence-electron chi connectivity index (χ3n) is 5.22. The molecule has 2 aromatic heterocycles. The van der Waals surface area contributed by atoms with Crippen molar-refractivity contribution in [1.29, 1.82) is 0 Å². The Morgan fingerprint density at radius 2 is 2.10 bits per heavy atom. The molecule has 29 heavy (non-hydrogen) atoms. The molecule has 3 rings (SSSR count). The van der Waals surface area contributed by atoms with E-state index in [1.54, 1.807) is 6.20 Å². The Hall–Kier alpha value is -2.57. The van der Waals surface area contributed by atoms with Gasteiger partial charge in [0, 0.05) is 5.56 Å². The second-order valence-electron chi connectivity index (χ2n) is 7.69. The van der Waals surface area contributed by atoms with E-state index in [2.05, 4.69) is 22.4 Å². The number of amides is 1. The summed E-state index contributed by atoms with van der Waals surface area (Å²) in [6.07, 6.45) is 9.21. The van der Waals surface area contributed by atoms with Crippen molar-refractivity contribution in [3.05, 3.63) is 29.6 Å². The van der Waals surface area contributed by atoms with E-state index in [9.17, 15) is 4.79 Å². The Morgan fingerprint density at radius 1 is 1.31 bits per heavy atom. The van der Waals surface area contributed by atoms with E-state index in [-0.39, 0.29) is 18.8 Å². The number of nitrogens with one attached hydrogen (secondary N) is 1. The molecule has 1 aliphatic rings. The Morgan fingerprint density at radius 3 is 2.79 bits per heavy atom. The molecule has 1 fully saturated rings. The van der Waals surface area contributed by atoms with Gasteiger partial charge < -0.3 is 19.3 Å². The number of hydrogen-bond donors (Lipinski definition) is 1. The molecule has 7 nitrogen and oxygen atoms in total. The summed E-state index contributed by atoms with van der Waals surface area (Å²) in [5.41, 5.74) is 2.16. The molecule has 2 heterocycles. The lowest BCUT2D eigenvalue weighted by Crippen LogP contribution is -2.27. The number of aromatic nitrogens is 2. The molecule has 7 heteroatoms. The standard InChI is InChI=1S/C22H31N3O4/c1-4-8-15(2)27-22(26)24-14-19-16(3)25-29-21(19)20-12-11-18(13-23-20)28-17-9-6-5-7-10-17/h11-13,15,17H,4-10,14H2,1-3H3,(H,24,26)/t15-/m0/s1. The number of rotatable bonds is 8. The molecule has 1 saturated carbocycles. The first-order chi connectivity index (χ1) is 14.1. The van der Waals surface area contributed by atoms with Crippen LogP contribution in [0, 0.1) is 6.92 Å². The highest BCUT2D eigenvalue weighted by Crippen LogP contribution is 2.27. The minimum atomic E-state index is -0.443. The van der Waals surface area contributed by atoms with Gasteiger partial charge in [-0.25, -0.2) is 9.78 Å². The number of ether oxygens (including phenoxy) is 2. The number of carbonyl (C=O) groups is 1. The smallest absolute Gasteiger partial charge is 0.407 e. The van der Waals surface area contributed by atoms with Crippen LogP contribution in [0.5, 0.6) is 5.75 Å². The molecule has 0 unspecified atom stereocenters. The fraction of sp³-hybridized carbons (Fsp3) is 0.591. The summed E-state index contributed by atoms with van der Waals surface area (Å²) in [5.74, 6) is 1.32. The van der Waals surface area contributed by atoms with Crippen LogP contribution in [0.3, 0.4) is 0 Å². The second kappa shape index (κ2) is 10.3. The molecule has 0 aromatic carbocycles. The van der Waals surface area contributed by atoms with Crippen LogP contribution in [0.15, 0.2) is 22.9 Å². The van der Waals surface area contributed by atoms with Crippen molar-refractivity contribution in [2.45, 2.75) is 84.5 Å². The zero-order valence-electron chi connectivity index (χ0n) is 17.6. The van der Waals surface area contributed by atoms with Crippen LogP contribution in [0.1, 0.15) is 70.1 Å². The van der Waals surface area contributed by atoms with Crippen LogP contribution < -0.4 is 10.1 Å². The largest absolute Gasteiger partial charge is 0.489 e. The Kier molecular flexibility index (Phi) is 7.49. The van der Waals surface area contributed by atoms with Crippen LogP contribution in [-0.2, 0) is 11.3 Å². The SMILES string of the molecule is CCC[C@H](C)OC(=O)NCc1c(C)noc1-c1ccc(OC2CCCCC2)cn1. The van der Waals surface area contributed by atoms with Crippen molar-refractivity contribution in [3.63, 3.8) is 0 Å². The van der Waals surface area contributed by atoms with Crippen LogP contribution >= 0.6 is 0 Å². The number of hydrogen-bond acceptors (Lipinski definition) is 6. The average molecular weight is 402 g/mol. The Bertz CT molecular complexity index is 782. The van der Waals surface area contributed by atoms with Gasteiger partial charge in [0.2, 0.25) is 0 Å². The van der Waals surface area contributed by atoms with Gasteiger partial charge in [0.05, 0.1) is 24.5 Å². The first-order valence-corrected chi connectivity index (χ1v) is 10.6. The van der Waals surface area contributed by atoms with Gasteiger partial charge >= 0.3 is 6.09 Å². The maximum absolute atomic E-state index is 12.0. The first kappa shape index (κ1) is 21.1. The molecule has 0 radical (unpaired) electrons. The van der Waals surface area contributed by atoms with E-state index >= 15 is 0 Å². The van der Waals surface area contributed by atoms with Gasteiger partial charge in [-0.2, -0.15) is 0 Å². The van der Waals surface area contributed by atoms with Crippen molar-refractivity contribution in [1.82, 2.24) is 15.5 Å². The summed E-state index contributed by atoms with van der Waals surface area (Å²) in [6.45, 7) is 6.06. The van der Waals surface area contributed by atoms with E-state index < -0.39 is 6.09 Å². The molecule has 0 bridgehead atoms. The normalized spacial score (nSPS) is 15.7. The highest BCUT2D eigenvalue weighted by Gasteiger charge is 2.19. The fourth-order valence-corrected chi connectivity index (χ4v) is 3.61. The number of nitrogens with zero attached hydrogens (tertiary/aromatic N) is 2. The van der Waals surface area contributed by atoms with Crippen LogP contribution in [0.4, 0.5) is 4.79 Å². The van der Waals surface area contributed by atoms with Crippen molar-refractivity contribution >= 4 is 6.09 Å². The second-order valence-corrected chi connectivity index (χ2v) is 7.69. The van der Waals surface area contributed by atoms with Crippen molar-refractivity contribution in [3.8, 4) is 17.2 Å². The first-order valence-electron chi connectivity index (χ1n) is 10.6. The summed E-state index contributed by atoms with van der Waals surface area (Å²) >= 11 is 0. The van der Waals surface area contributed by atoms with Gasteiger partial charge in [-0.05, 0) is 58.1 Å². The zero-order valence-corrected chi connectivity index (χ0v) is 17.6. The molecule has 1 aliphatic carbocycles.